The van der Waals surface area contributed by atoms with Crippen LogP contribution in [0.15, 0.2) is 12.1 Å². The molecule has 0 spiro atoms. The quantitative estimate of drug-likeness (QED) is 0.747. The van der Waals surface area contributed by atoms with E-state index >= 15 is 0 Å². The van der Waals surface area contributed by atoms with Crippen molar-refractivity contribution in [1.29, 1.82) is 5.26 Å². The Hall–Kier alpha value is -1.49. The van der Waals surface area contributed by atoms with Gasteiger partial charge in [0.2, 0.25) is 0 Å². The third kappa shape index (κ3) is 3.50. The van der Waals surface area contributed by atoms with Crippen molar-refractivity contribution in [2.75, 3.05) is 7.11 Å². The van der Waals surface area contributed by atoms with Gasteiger partial charge in [-0.3, -0.25) is 0 Å². The van der Waals surface area contributed by atoms with Crippen LogP contribution in [0.25, 0.3) is 0 Å². The highest BCUT2D eigenvalue weighted by Crippen LogP contribution is 2.35. The number of rotatable bonds is 4. The van der Waals surface area contributed by atoms with Crippen molar-refractivity contribution in [3.8, 4) is 11.8 Å². The summed E-state index contributed by atoms with van der Waals surface area (Å²) in [6.45, 7) is 8.71. The predicted octanol–water partition coefficient (Wildman–Crippen LogP) is 4.15. The summed E-state index contributed by atoms with van der Waals surface area (Å²) >= 11 is 0. The highest BCUT2D eigenvalue weighted by Gasteiger charge is 2.21. The molecule has 0 aliphatic heterocycles. The number of aryl methyl sites for hydroxylation is 2. The van der Waals surface area contributed by atoms with E-state index < -0.39 is 0 Å². The van der Waals surface area contributed by atoms with Gasteiger partial charge in [-0.2, -0.15) is 5.26 Å². The molecule has 0 radical (unpaired) electrons. The Morgan fingerprint density at radius 1 is 1.28 bits per heavy atom. The fraction of sp³-hybridized carbons (Fsp3) is 0.562. The summed E-state index contributed by atoms with van der Waals surface area (Å²) in [5.74, 6) is 0.992. The first-order valence-corrected chi connectivity index (χ1v) is 6.45. The second-order valence-corrected chi connectivity index (χ2v) is 5.77. The highest BCUT2D eigenvalue weighted by atomic mass is 16.5. The van der Waals surface area contributed by atoms with E-state index in [4.69, 9.17) is 10.00 Å². The summed E-state index contributed by atoms with van der Waals surface area (Å²) in [7, 11) is 1.73. The maximum atomic E-state index is 8.63. The van der Waals surface area contributed by atoms with E-state index in [2.05, 4.69) is 45.9 Å². The average molecular weight is 245 g/mol. The molecule has 1 aromatic carbocycles. The molecule has 0 N–H and O–H groups in total. The fourth-order valence-corrected chi connectivity index (χ4v) is 2.19. The Morgan fingerprint density at radius 3 is 2.44 bits per heavy atom. The van der Waals surface area contributed by atoms with Gasteiger partial charge in [0.1, 0.15) is 5.75 Å². The largest absolute Gasteiger partial charge is 0.496 e. The molecular weight excluding hydrogens is 222 g/mol. The Bertz CT molecular complexity index is 449. The molecule has 0 amide bonds. The van der Waals surface area contributed by atoms with Crippen LogP contribution >= 0.6 is 0 Å². The zero-order valence-electron chi connectivity index (χ0n) is 12.1. The van der Waals surface area contributed by atoms with Crippen LogP contribution < -0.4 is 4.74 Å². The number of nitriles is 1. The lowest BCUT2D eigenvalue weighted by Crippen LogP contribution is -2.14. The molecule has 2 heteroatoms. The minimum Gasteiger partial charge on any atom is -0.496 e. The first kappa shape index (κ1) is 14.6. The molecule has 2 nitrogen and oxygen atoms in total. The number of unbranched alkanes of at least 4 members (excludes halogenated alkanes) is 1. The minimum absolute atomic E-state index is 0.0708. The minimum atomic E-state index is 0.0708. The summed E-state index contributed by atoms with van der Waals surface area (Å²) in [5.41, 5.74) is 3.80. The SMILES string of the molecule is COc1c(CCCC#N)cc(C)cc1C(C)(C)C. The van der Waals surface area contributed by atoms with Crippen LogP contribution in [0, 0.1) is 18.3 Å². The van der Waals surface area contributed by atoms with Crippen molar-refractivity contribution in [3.05, 3.63) is 28.8 Å². The normalized spacial score (nSPS) is 11.1. The standard InChI is InChI=1S/C16H23NO/c1-12-10-13(8-6-7-9-17)15(18-5)14(11-12)16(2,3)4/h10-11H,6-8H2,1-5H3. The number of benzene rings is 1. The Kier molecular flexibility index (Phi) is 4.78. The van der Waals surface area contributed by atoms with E-state index in [1.165, 1.54) is 16.7 Å². The number of ether oxygens (including phenoxy) is 1. The molecule has 1 rings (SSSR count). The van der Waals surface area contributed by atoms with Crippen molar-refractivity contribution >= 4 is 0 Å². The molecule has 0 saturated carbocycles. The highest BCUT2D eigenvalue weighted by molar-refractivity contribution is 5.47. The first-order chi connectivity index (χ1) is 8.40. The molecule has 98 valence electrons. The third-order valence-corrected chi connectivity index (χ3v) is 3.06. The molecule has 0 aliphatic rings. The molecule has 0 fully saturated rings. The van der Waals surface area contributed by atoms with Gasteiger partial charge >= 0.3 is 0 Å². The van der Waals surface area contributed by atoms with Crippen LogP contribution in [0.4, 0.5) is 0 Å². The Morgan fingerprint density at radius 2 is 1.94 bits per heavy atom. The predicted molar refractivity (Wildman–Crippen MR) is 75.0 cm³/mol. The monoisotopic (exact) mass is 245 g/mol. The molecule has 0 aliphatic carbocycles. The zero-order chi connectivity index (χ0) is 13.8. The van der Waals surface area contributed by atoms with Crippen LogP contribution in [0.1, 0.15) is 50.3 Å². The van der Waals surface area contributed by atoms with E-state index in [1.807, 2.05) is 0 Å². The van der Waals surface area contributed by atoms with E-state index in [0.29, 0.717) is 6.42 Å². The molecule has 1 aromatic rings. The van der Waals surface area contributed by atoms with Gasteiger partial charge in [0.15, 0.2) is 0 Å². The van der Waals surface area contributed by atoms with Crippen LogP contribution in [0.5, 0.6) is 5.75 Å². The summed E-state index contributed by atoms with van der Waals surface area (Å²) < 4.78 is 5.61. The summed E-state index contributed by atoms with van der Waals surface area (Å²) in [6.07, 6.45) is 2.39. The second kappa shape index (κ2) is 5.91. The topological polar surface area (TPSA) is 33.0 Å². The number of methoxy groups -OCH3 is 1. The van der Waals surface area contributed by atoms with Crippen LogP contribution in [0.2, 0.25) is 0 Å². The lowest BCUT2D eigenvalue weighted by atomic mass is 9.83. The molecule has 0 bridgehead atoms. The average Bonchev–Trinajstić information content (AvgIpc) is 2.27. The van der Waals surface area contributed by atoms with Crippen molar-refractivity contribution in [1.82, 2.24) is 0 Å². The second-order valence-electron chi connectivity index (χ2n) is 5.77. The van der Waals surface area contributed by atoms with Crippen molar-refractivity contribution in [2.45, 2.75) is 52.4 Å². The van der Waals surface area contributed by atoms with Gasteiger partial charge < -0.3 is 4.74 Å². The van der Waals surface area contributed by atoms with Gasteiger partial charge in [-0.15, -0.1) is 0 Å². The van der Waals surface area contributed by atoms with E-state index in [0.717, 1.165) is 18.6 Å². The maximum absolute atomic E-state index is 8.63. The lowest BCUT2D eigenvalue weighted by molar-refractivity contribution is 0.392. The lowest BCUT2D eigenvalue weighted by Gasteiger charge is -2.25. The summed E-state index contributed by atoms with van der Waals surface area (Å²) in [4.78, 5) is 0. The number of nitrogens with zero attached hydrogens (tertiary/aromatic N) is 1. The fourth-order valence-electron chi connectivity index (χ4n) is 2.19. The van der Waals surface area contributed by atoms with Crippen LogP contribution in [-0.4, -0.2) is 7.11 Å². The third-order valence-electron chi connectivity index (χ3n) is 3.06. The molecule has 0 heterocycles. The molecule has 18 heavy (non-hydrogen) atoms. The summed E-state index contributed by atoms with van der Waals surface area (Å²) in [5, 5.41) is 8.63. The van der Waals surface area contributed by atoms with Crippen LogP contribution in [0.3, 0.4) is 0 Å². The Balaban J connectivity index is 3.17. The summed E-state index contributed by atoms with van der Waals surface area (Å²) in [6, 6.07) is 6.57. The van der Waals surface area contributed by atoms with Gasteiger partial charge in [-0.05, 0) is 30.7 Å². The zero-order valence-corrected chi connectivity index (χ0v) is 12.1. The van der Waals surface area contributed by atoms with Gasteiger partial charge in [0.05, 0.1) is 13.2 Å². The van der Waals surface area contributed by atoms with Gasteiger partial charge in [0.25, 0.3) is 0 Å². The molecule has 0 unspecified atom stereocenters. The smallest absolute Gasteiger partial charge is 0.125 e. The van der Waals surface area contributed by atoms with E-state index in [9.17, 15) is 0 Å². The van der Waals surface area contributed by atoms with Crippen molar-refractivity contribution < 1.29 is 4.74 Å². The molecule has 0 atom stereocenters. The molecule has 0 saturated heterocycles. The maximum Gasteiger partial charge on any atom is 0.125 e. The number of hydrogen-bond donors (Lipinski definition) is 0. The van der Waals surface area contributed by atoms with Gasteiger partial charge in [-0.25, -0.2) is 0 Å². The van der Waals surface area contributed by atoms with E-state index in [-0.39, 0.29) is 5.41 Å². The van der Waals surface area contributed by atoms with Crippen LogP contribution in [-0.2, 0) is 11.8 Å². The molecule has 0 aromatic heterocycles. The van der Waals surface area contributed by atoms with Crippen molar-refractivity contribution in [2.24, 2.45) is 0 Å². The van der Waals surface area contributed by atoms with Crippen molar-refractivity contribution in [3.63, 3.8) is 0 Å². The molecular formula is C16H23NO. The van der Waals surface area contributed by atoms with E-state index in [1.54, 1.807) is 7.11 Å². The Labute approximate surface area is 111 Å². The number of hydrogen-bond acceptors (Lipinski definition) is 2. The van der Waals surface area contributed by atoms with Gasteiger partial charge in [0, 0.05) is 12.0 Å². The van der Waals surface area contributed by atoms with Gasteiger partial charge in [-0.1, -0.05) is 38.5 Å². The first-order valence-electron chi connectivity index (χ1n) is 6.45.